The number of fused-ring (bicyclic) bond motifs is 1. The van der Waals surface area contributed by atoms with Gasteiger partial charge in [-0.1, -0.05) is 42.5 Å². The van der Waals surface area contributed by atoms with Gasteiger partial charge in [-0.15, -0.1) is 11.3 Å². The van der Waals surface area contributed by atoms with Crippen molar-refractivity contribution in [1.29, 1.82) is 0 Å². The number of carbonyl (C=O) groups is 1. The summed E-state index contributed by atoms with van der Waals surface area (Å²) in [6.45, 7) is 0. The zero-order valence-electron chi connectivity index (χ0n) is 14.1. The van der Waals surface area contributed by atoms with Gasteiger partial charge in [-0.3, -0.25) is 9.89 Å². The minimum absolute atomic E-state index is 0.0875. The SMILES string of the molecule is O=C(NC1CC1)c1n[nH]c2c1C=CC(c1ccccc1)(c1cscn1)C2. The summed E-state index contributed by atoms with van der Waals surface area (Å²) in [7, 11) is 0. The van der Waals surface area contributed by atoms with E-state index >= 15 is 0 Å². The first-order chi connectivity index (χ1) is 12.8. The molecule has 2 aliphatic carbocycles. The van der Waals surface area contributed by atoms with Crippen LogP contribution >= 0.6 is 11.3 Å². The number of hydrogen-bond acceptors (Lipinski definition) is 4. The molecule has 0 radical (unpaired) electrons. The Hall–Kier alpha value is -2.73. The van der Waals surface area contributed by atoms with Gasteiger partial charge in [0.25, 0.3) is 5.91 Å². The molecule has 1 atom stereocenters. The third kappa shape index (κ3) is 2.49. The number of allylic oxidation sites excluding steroid dienone is 1. The van der Waals surface area contributed by atoms with Crippen molar-refractivity contribution in [2.75, 3.05) is 0 Å². The number of nitrogens with one attached hydrogen (secondary N) is 2. The summed E-state index contributed by atoms with van der Waals surface area (Å²) in [6.07, 6.45) is 7.03. The zero-order chi connectivity index (χ0) is 17.6. The van der Waals surface area contributed by atoms with Crippen molar-refractivity contribution < 1.29 is 4.79 Å². The molecule has 130 valence electrons. The normalized spacial score (nSPS) is 21.4. The van der Waals surface area contributed by atoms with Gasteiger partial charge in [0.05, 0.1) is 16.6 Å². The molecule has 1 fully saturated rings. The molecular weight excluding hydrogens is 344 g/mol. The quantitative estimate of drug-likeness (QED) is 0.748. The topological polar surface area (TPSA) is 70.7 Å². The summed E-state index contributed by atoms with van der Waals surface area (Å²) in [5.41, 5.74) is 6.09. The van der Waals surface area contributed by atoms with Gasteiger partial charge in [-0.05, 0) is 18.4 Å². The second-order valence-corrected chi connectivity index (χ2v) is 7.65. The lowest BCUT2D eigenvalue weighted by atomic mass is 9.71. The maximum Gasteiger partial charge on any atom is 0.272 e. The van der Waals surface area contributed by atoms with Gasteiger partial charge in [0.2, 0.25) is 0 Å². The molecule has 2 heterocycles. The van der Waals surface area contributed by atoms with Crippen molar-refractivity contribution in [1.82, 2.24) is 20.5 Å². The lowest BCUT2D eigenvalue weighted by molar-refractivity contribution is 0.0946. The van der Waals surface area contributed by atoms with Crippen LogP contribution in [0.15, 0.2) is 47.3 Å². The van der Waals surface area contributed by atoms with Crippen molar-refractivity contribution in [2.45, 2.75) is 30.7 Å². The standard InChI is InChI=1S/C20H18N4OS/c25-19(22-14-6-7-14)18-15-8-9-20(10-16(15)23-24-18,17-11-26-12-21-17)13-4-2-1-3-5-13/h1-5,8-9,11-12,14H,6-7,10H2,(H,22,25)(H,23,24). The Balaban J connectivity index is 1.57. The molecule has 1 unspecified atom stereocenters. The molecule has 0 spiro atoms. The number of H-pyrrole nitrogens is 1. The summed E-state index contributed by atoms with van der Waals surface area (Å²) in [5.74, 6) is -0.0875. The van der Waals surface area contributed by atoms with E-state index in [1.54, 1.807) is 11.3 Å². The highest BCUT2D eigenvalue weighted by atomic mass is 32.1. The first-order valence-electron chi connectivity index (χ1n) is 8.78. The van der Waals surface area contributed by atoms with Gasteiger partial charge in [0.15, 0.2) is 5.69 Å². The van der Waals surface area contributed by atoms with Gasteiger partial charge in [-0.25, -0.2) is 4.98 Å². The average molecular weight is 362 g/mol. The van der Waals surface area contributed by atoms with Crippen molar-refractivity contribution in [2.24, 2.45) is 0 Å². The van der Waals surface area contributed by atoms with Crippen LogP contribution in [0.3, 0.4) is 0 Å². The largest absolute Gasteiger partial charge is 0.348 e. The average Bonchev–Trinajstić information content (AvgIpc) is 3.16. The summed E-state index contributed by atoms with van der Waals surface area (Å²) >= 11 is 1.60. The molecule has 0 bridgehead atoms. The van der Waals surface area contributed by atoms with Gasteiger partial charge in [0, 0.05) is 29.1 Å². The number of thiazole rings is 1. The van der Waals surface area contributed by atoms with Crippen molar-refractivity contribution in [3.8, 4) is 0 Å². The Labute approximate surface area is 155 Å². The van der Waals surface area contributed by atoms with E-state index in [0.29, 0.717) is 18.2 Å². The monoisotopic (exact) mass is 362 g/mol. The van der Waals surface area contributed by atoms with Crippen LogP contribution in [0.25, 0.3) is 6.08 Å². The molecule has 26 heavy (non-hydrogen) atoms. The summed E-state index contributed by atoms with van der Waals surface area (Å²) in [5, 5.41) is 12.5. The number of aromatic nitrogens is 3. The number of hydrogen-bond donors (Lipinski definition) is 2. The molecule has 6 heteroatoms. The van der Waals surface area contributed by atoms with E-state index in [9.17, 15) is 4.79 Å². The Morgan fingerprint density at radius 2 is 2.12 bits per heavy atom. The summed E-state index contributed by atoms with van der Waals surface area (Å²) in [6, 6.07) is 10.7. The molecular formula is C20H18N4OS. The number of carbonyl (C=O) groups excluding carboxylic acids is 1. The van der Waals surface area contributed by atoms with Crippen LogP contribution < -0.4 is 5.32 Å². The van der Waals surface area contributed by atoms with Crippen LogP contribution in [0.1, 0.15) is 45.8 Å². The fourth-order valence-corrected chi connectivity index (χ4v) is 4.24. The predicted molar refractivity (Wildman–Crippen MR) is 101 cm³/mol. The first kappa shape index (κ1) is 15.5. The third-order valence-corrected chi connectivity index (χ3v) is 5.77. The minimum atomic E-state index is -0.342. The van der Waals surface area contributed by atoms with E-state index in [0.717, 1.165) is 29.8 Å². The van der Waals surface area contributed by atoms with E-state index in [2.05, 4.69) is 44.1 Å². The molecule has 5 rings (SSSR count). The molecule has 2 aromatic heterocycles. The Morgan fingerprint density at radius 1 is 1.27 bits per heavy atom. The number of aromatic amines is 1. The second kappa shape index (κ2) is 5.92. The fraction of sp³-hybridized carbons (Fsp3) is 0.250. The lowest BCUT2D eigenvalue weighted by Gasteiger charge is -2.32. The number of rotatable bonds is 4. The van der Waals surface area contributed by atoms with Crippen molar-refractivity contribution in [3.63, 3.8) is 0 Å². The van der Waals surface area contributed by atoms with Gasteiger partial charge in [0.1, 0.15) is 0 Å². The number of benzene rings is 1. The van der Waals surface area contributed by atoms with E-state index in [-0.39, 0.29) is 11.3 Å². The molecule has 0 aliphatic heterocycles. The molecule has 2 aliphatic rings. The fourth-order valence-electron chi connectivity index (χ4n) is 3.61. The van der Waals surface area contributed by atoms with Crippen LogP contribution in [0.4, 0.5) is 0 Å². The Kier molecular flexibility index (Phi) is 3.53. The van der Waals surface area contributed by atoms with E-state index in [1.165, 1.54) is 5.56 Å². The highest BCUT2D eigenvalue weighted by Gasteiger charge is 2.38. The first-order valence-corrected chi connectivity index (χ1v) is 9.72. The van der Waals surface area contributed by atoms with Crippen LogP contribution in [0.5, 0.6) is 0 Å². The molecule has 5 nitrogen and oxygen atoms in total. The van der Waals surface area contributed by atoms with Crippen LogP contribution in [0.2, 0.25) is 0 Å². The van der Waals surface area contributed by atoms with Crippen molar-refractivity contribution >= 4 is 23.3 Å². The molecule has 2 N–H and O–H groups in total. The molecule has 1 amide bonds. The maximum atomic E-state index is 12.4. The van der Waals surface area contributed by atoms with Crippen LogP contribution in [0, 0.1) is 0 Å². The van der Waals surface area contributed by atoms with Crippen LogP contribution in [-0.4, -0.2) is 27.1 Å². The minimum Gasteiger partial charge on any atom is -0.348 e. The highest BCUT2D eigenvalue weighted by molar-refractivity contribution is 7.07. The summed E-state index contributed by atoms with van der Waals surface area (Å²) < 4.78 is 0. The molecule has 0 saturated heterocycles. The predicted octanol–water partition coefficient (Wildman–Crippen LogP) is 3.31. The van der Waals surface area contributed by atoms with E-state index in [4.69, 9.17) is 0 Å². The molecule has 3 aromatic rings. The highest BCUT2D eigenvalue weighted by Crippen LogP contribution is 2.41. The van der Waals surface area contributed by atoms with Gasteiger partial charge >= 0.3 is 0 Å². The van der Waals surface area contributed by atoms with E-state index < -0.39 is 0 Å². The molecule has 1 saturated carbocycles. The van der Waals surface area contributed by atoms with E-state index in [1.807, 2.05) is 29.8 Å². The Bertz CT molecular complexity index is 973. The lowest BCUT2D eigenvalue weighted by Crippen LogP contribution is -2.31. The summed E-state index contributed by atoms with van der Waals surface area (Å²) in [4.78, 5) is 17.1. The number of nitrogens with zero attached hydrogens (tertiary/aromatic N) is 2. The maximum absolute atomic E-state index is 12.4. The van der Waals surface area contributed by atoms with Gasteiger partial charge in [-0.2, -0.15) is 5.10 Å². The number of amides is 1. The smallest absolute Gasteiger partial charge is 0.272 e. The molecule has 1 aromatic carbocycles. The zero-order valence-corrected chi connectivity index (χ0v) is 14.9. The Morgan fingerprint density at radius 3 is 2.85 bits per heavy atom. The van der Waals surface area contributed by atoms with Crippen molar-refractivity contribution in [3.05, 3.63) is 75.5 Å². The third-order valence-electron chi connectivity index (χ3n) is 5.18. The van der Waals surface area contributed by atoms with Crippen LogP contribution in [-0.2, 0) is 11.8 Å². The second-order valence-electron chi connectivity index (χ2n) is 6.93. The van der Waals surface area contributed by atoms with Gasteiger partial charge < -0.3 is 5.32 Å².